The van der Waals surface area contributed by atoms with Gasteiger partial charge in [0.05, 0.1) is 28.5 Å². The minimum absolute atomic E-state index is 0.0344. The van der Waals surface area contributed by atoms with Crippen LogP contribution in [0.1, 0.15) is 117 Å². The zero-order chi connectivity index (χ0) is 66.8. The number of phenols is 2. The Kier molecular flexibility index (Phi) is 13.8. The average molecular weight is 1330 g/mol. The number of aryl methyl sites for hydroxylation is 2. The van der Waals surface area contributed by atoms with E-state index in [9.17, 15) is 40.5 Å². The van der Waals surface area contributed by atoms with Gasteiger partial charge in [-0.1, -0.05) is 87.1 Å². The minimum atomic E-state index is -2.63. The van der Waals surface area contributed by atoms with Crippen LogP contribution in [-0.4, -0.2) is 118 Å². The highest BCUT2D eigenvalue weighted by molar-refractivity contribution is 5.94. The number of amides is 1. The minimum Gasteiger partial charge on any atom is -0.508 e. The van der Waals surface area contributed by atoms with Crippen LogP contribution in [-0.2, 0) is 46.7 Å². The number of rotatable bonds is 9. The number of benzene rings is 4. The smallest absolute Gasteiger partial charge is 0.226 e. The van der Waals surface area contributed by atoms with E-state index in [0.29, 0.717) is 93.6 Å². The Balaban J connectivity index is 0.922. The molecule has 5 fully saturated rings. The van der Waals surface area contributed by atoms with Gasteiger partial charge in [0, 0.05) is 83.2 Å². The largest absolute Gasteiger partial charge is 0.508 e. The van der Waals surface area contributed by atoms with Gasteiger partial charge in [-0.05, 0) is 200 Å². The van der Waals surface area contributed by atoms with Crippen LogP contribution >= 0.6 is 0 Å². The third-order valence-corrected chi connectivity index (χ3v) is 27.7. The topological polar surface area (TPSA) is 261 Å². The number of piperidine rings is 1. The summed E-state index contributed by atoms with van der Waals surface area (Å²) in [7, 11) is 0. The molecule has 4 spiro atoms. The molecule has 22 unspecified atom stereocenters. The Labute approximate surface area is 568 Å². The quantitative estimate of drug-likeness (QED) is 0.0477. The van der Waals surface area contributed by atoms with Crippen LogP contribution in [0.5, 0.6) is 17.2 Å². The van der Waals surface area contributed by atoms with Crippen molar-refractivity contribution in [3.63, 3.8) is 0 Å². The molecule has 7 aromatic rings. The van der Waals surface area contributed by atoms with E-state index in [1.54, 1.807) is 18.2 Å². The molecule has 1 amide bonds. The Morgan fingerprint density at radius 3 is 2.47 bits per heavy atom. The fourth-order valence-corrected chi connectivity index (χ4v) is 23.8. The first-order valence-corrected chi connectivity index (χ1v) is 36.5. The summed E-state index contributed by atoms with van der Waals surface area (Å²) in [6.07, 6.45) is 19.2. The third kappa shape index (κ3) is 8.53. The van der Waals surface area contributed by atoms with Crippen molar-refractivity contribution in [3.05, 3.63) is 177 Å². The molecule has 10 N–H and O–H groups in total. The Hall–Kier alpha value is -7.32. The molecular weight excluding hydrogens is 1240 g/mol. The molecule has 17 nitrogen and oxygen atoms in total. The summed E-state index contributed by atoms with van der Waals surface area (Å²) in [6.45, 7) is 5.81. The zero-order valence-electron chi connectivity index (χ0n) is 55.7. The Morgan fingerprint density at radius 2 is 1.67 bits per heavy atom. The van der Waals surface area contributed by atoms with E-state index in [4.69, 9.17) is 18.9 Å². The molecule has 0 radical (unpaired) electrons. The molecule has 510 valence electrons. The van der Waals surface area contributed by atoms with Crippen molar-refractivity contribution in [2.45, 2.75) is 170 Å². The summed E-state index contributed by atoms with van der Waals surface area (Å²) in [4.78, 5) is 49.3. The molecule has 20 bridgehead atoms. The van der Waals surface area contributed by atoms with Crippen molar-refractivity contribution in [2.75, 3.05) is 13.2 Å². The van der Waals surface area contributed by atoms with E-state index in [2.05, 4.69) is 101 Å². The summed E-state index contributed by atoms with van der Waals surface area (Å²) in [5.41, 5.74) is 2.26. The number of hydrogen-bond acceptors (Lipinski definition) is 14. The van der Waals surface area contributed by atoms with Gasteiger partial charge >= 0.3 is 0 Å². The molecule has 3 saturated carbocycles. The number of aliphatic hydroxyl groups excluding tert-OH is 4. The Bertz CT molecular complexity index is 4680. The van der Waals surface area contributed by atoms with Crippen molar-refractivity contribution >= 4 is 38.6 Å². The van der Waals surface area contributed by atoms with Crippen molar-refractivity contribution in [3.8, 4) is 22.9 Å². The highest BCUT2D eigenvalue weighted by Gasteiger charge is 2.75. The predicted octanol–water partition coefficient (Wildman–Crippen LogP) is 10.0. The van der Waals surface area contributed by atoms with E-state index in [1.165, 1.54) is 35.4 Å². The van der Waals surface area contributed by atoms with E-state index < -0.39 is 77.5 Å². The van der Waals surface area contributed by atoms with Crippen molar-refractivity contribution in [2.24, 2.45) is 70.0 Å². The average Bonchev–Trinajstić information content (AvgIpc) is 0.958. The van der Waals surface area contributed by atoms with Crippen LogP contribution in [0, 0.1) is 76.9 Å². The number of H-pyrrole nitrogens is 1. The molecular formula is C81H88N4O13. The summed E-state index contributed by atoms with van der Waals surface area (Å²) < 4.78 is 17.9. The second-order valence-electron chi connectivity index (χ2n) is 32.3. The number of fused-ring (bicyclic) bond motifs is 5. The number of allylic oxidation sites excluding steroid dienone is 3. The lowest BCUT2D eigenvalue weighted by Gasteiger charge is -2.69. The first kappa shape index (κ1) is 61.7. The van der Waals surface area contributed by atoms with E-state index >= 15 is 4.79 Å². The van der Waals surface area contributed by atoms with Crippen LogP contribution in [0.15, 0.2) is 136 Å². The summed E-state index contributed by atoms with van der Waals surface area (Å²) >= 11 is 0. The molecule has 28 rings (SSSR count). The normalized spacial score (nSPS) is 37.3. The molecule has 12 aliphatic carbocycles. The second kappa shape index (κ2) is 21.8. The molecule has 2 saturated heterocycles. The number of ether oxygens (including phenoxy) is 1. The maximum atomic E-state index is 16.0. The number of aromatic nitrogens is 2. The van der Waals surface area contributed by atoms with E-state index in [0.717, 1.165) is 85.7 Å². The van der Waals surface area contributed by atoms with Crippen LogP contribution < -0.4 is 20.8 Å². The highest BCUT2D eigenvalue weighted by Crippen LogP contribution is 2.70. The number of aromatic amines is 1. The van der Waals surface area contributed by atoms with Crippen LogP contribution in [0.4, 0.5) is 0 Å². The number of carbonyl (C=O) groups excluding carboxylic acids is 1. The van der Waals surface area contributed by atoms with Gasteiger partial charge in [-0.15, -0.1) is 0 Å². The molecule has 9 aliphatic heterocycles. The lowest BCUT2D eigenvalue weighted by Crippen LogP contribution is -2.79. The number of phenolic OH excluding ortho intramolecular Hbond substituents is 2. The van der Waals surface area contributed by atoms with Crippen molar-refractivity contribution < 1.29 is 59.5 Å². The molecule has 17 heteroatoms. The number of nitrogens with one attached hydrogen (secondary N) is 3. The number of aromatic hydroxyl groups is 2. The molecule has 98 heavy (non-hydrogen) atoms. The van der Waals surface area contributed by atoms with Gasteiger partial charge in [-0.3, -0.25) is 9.59 Å². The third-order valence-electron chi connectivity index (χ3n) is 27.7. The number of carbonyl (C=O) groups is 1. The number of nitrogens with zero attached hydrogens (tertiary/aromatic N) is 1. The zero-order valence-corrected chi connectivity index (χ0v) is 55.7. The van der Waals surface area contributed by atoms with Gasteiger partial charge in [0.1, 0.15) is 59.1 Å². The molecule has 4 aromatic carbocycles. The first-order chi connectivity index (χ1) is 47.4. The lowest BCUT2D eigenvalue weighted by molar-refractivity contribution is -0.400. The molecule has 22 atom stereocenters. The molecule has 12 heterocycles. The van der Waals surface area contributed by atoms with Gasteiger partial charge in [-0.2, -0.15) is 0 Å². The maximum Gasteiger partial charge on any atom is 0.226 e. The molecule has 21 aliphatic rings. The van der Waals surface area contributed by atoms with Crippen LogP contribution in [0.25, 0.3) is 38.3 Å². The summed E-state index contributed by atoms with van der Waals surface area (Å²) in [6, 6.07) is 22.8. The monoisotopic (exact) mass is 1320 g/mol. The van der Waals surface area contributed by atoms with Crippen molar-refractivity contribution in [1.82, 2.24) is 20.2 Å². The fourth-order valence-electron chi connectivity index (χ4n) is 23.8. The van der Waals surface area contributed by atoms with E-state index in [1.807, 2.05) is 19.1 Å². The maximum absolute atomic E-state index is 16.0. The SMILES string of the molecule is CCc1c2cc3[nH]c2cn1-c1c2c(cc4c(=O)cc(C)oc14)CC1OOC(C(O)(Cc4ccc(O)c5ccc(O)cc45)C(O)C(O)C(O)CO)C=CC4=CC5C6C=CC(C47NC4CC(CC)C8CCC7C(Cc7ccc(cc7)CC7CC9(C=CC3CC9)CC3(C7)C(=O)NCC63)C48)C15O2. The number of hydrogen-bond donors (Lipinski definition) is 10. The second-order valence-corrected chi connectivity index (χ2v) is 32.3. The predicted molar refractivity (Wildman–Crippen MR) is 367 cm³/mol. The van der Waals surface area contributed by atoms with Gasteiger partial charge in [0.2, 0.25) is 5.91 Å². The van der Waals surface area contributed by atoms with Crippen LogP contribution in [0.2, 0.25) is 0 Å². The van der Waals surface area contributed by atoms with Gasteiger partial charge in [0.15, 0.2) is 22.4 Å². The van der Waals surface area contributed by atoms with Gasteiger partial charge < -0.3 is 65.1 Å². The summed E-state index contributed by atoms with van der Waals surface area (Å²) in [5.74, 6) is 1.00. The standard InChI is InChI=1S/C81H88N4O13/c1-4-44-28-61-70-50(44)14-16-57-54(70)26-42-8-6-41(7-9-42)25-43-33-77-22-20-45(21-23-77)60-32-55-62(83-60)37-85(63(55)5-2)71-73-47(27-56-65(89)24-40(3)95-74(56)71)29-69-81(96-73)58-30-48(80(57,84-61)67(81)18-15-52(58)59-36-82-76(93)78(59,34-43)39-77)11-19-68(97-98-69)79(94,75(92)72(91)66(90)38-86)35-46-10-17-64(88)51-13-12-49(87)31-53(46)51/h6-13,15,17-20,22,24,27,30-32,37,43-45,50,52,54,57-59,61,66-70,72,75,83-84,86-88,90-92,94H,4-5,14,16,21,23,25-26,28-29,33-36,38-39H2,1-3H3,(H,82,93). The fraction of sp³-hybridized carbons (Fsp3) is 0.506. The lowest BCUT2D eigenvalue weighted by atomic mass is 9.42. The first-order valence-electron chi connectivity index (χ1n) is 36.5. The van der Waals surface area contributed by atoms with Gasteiger partial charge in [-0.25, -0.2) is 9.78 Å². The van der Waals surface area contributed by atoms with Crippen LogP contribution in [0.3, 0.4) is 0 Å². The van der Waals surface area contributed by atoms with Crippen molar-refractivity contribution in [1.29, 1.82) is 0 Å². The number of aliphatic hydroxyl groups is 5. The molecule has 3 aromatic heterocycles. The summed E-state index contributed by atoms with van der Waals surface area (Å²) in [5, 5.41) is 93.4. The highest BCUT2D eigenvalue weighted by atomic mass is 17.2. The van der Waals surface area contributed by atoms with Gasteiger partial charge in [0.25, 0.3) is 0 Å². The Morgan fingerprint density at radius 1 is 0.837 bits per heavy atom. The van der Waals surface area contributed by atoms with E-state index in [-0.39, 0.29) is 76.2 Å².